The molecular weight excluding hydrogens is 384 g/mol. The Morgan fingerprint density at radius 1 is 1.28 bits per heavy atom. The molecule has 0 spiro atoms. The lowest BCUT2D eigenvalue weighted by Gasteiger charge is -2.08. The van der Waals surface area contributed by atoms with Crippen LogP contribution < -0.4 is 14.8 Å². The third-order valence-corrected chi connectivity index (χ3v) is 3.77. The maximum atomic E-state index is 12.4. The first-order valence-corrected chi connectivity index (χ1v) is 8.36. The van der Waals surface area contributed by atoms with Crippen LogP contribution in [0.4, 0.5) is 5.69 Å². The van der Waals surface area contributed by atoms with E-state index in [1.807, 2.05) is 19.1 Å². The molecule has 0 aromatic heterocycles. The molecule has 2 rings (SSSR count). The summed E-state index contributed by atoms with van der Waals surface area (Å²) in [6, 6.07) is 14.2. The maximum absolute atomic E-state index is 12.4. The number of carbonyl (C=O) groups is 1. The predicted molar refractivity (Wildman–Crippen MR) is 101 cm³/mol. The van der Waals surface area contributed by atoms with Gasteiger partial charge in [-0.05, 0) is 55.5 Å². The Labute approximate surface area is 155 Å². The fraction of sp³-hybridized carbons (Fsp3) is 0.158. The van der Waals surface area contributed by atoms with Crippen molar-refractivity contribution in [2.45, 2.75) is 6.92 Å². The minimum atomic E-state index is -0.492. The minimum Gasteiger partial charge on any atom is -0.496 e. The molecule has 5 nitrogen and oxygen atoms in total. The van der Waals surface area contributed by atoms with E-state index in [4.69, 9.17) is 9.47 Å². The molecule has 1 N–H and O–H groups in total. The molecule has 25 heavy (non-hydrogen) atoms. The average molecular weight is 401 g/mol. The number of ether oxygens (including phenoxy) is 2. The van der Waals surface area contributed by atoms with Crippen molar-refractivity contribution in [1.29, 1.82) is 5.26 Å². The molecule has 0 bridgehead atoms. The van der Waals surface area contributed by atoms with Crippen molar-refractivity contribution in [3.63, 3.8) is 0 Å². The largest absolute Gasteiger partial charge is 0.496 e. The standard InChI is InChI=1S/C19H17BrN2O3/c1-3-25-17-7-5-16(6-8-17)22-19(23)14(12-21)10-13-11-15(20)4-9-18(13)24-2/h4-11H,3H2,1-2H3,(H,22,23)/b14-10-. The van der Waals surface area contributed by atoms with Crippen LogP contribution in [0.15, 0.2) is 52.5 Å². The van der Waals surface area contributed by atoms with Crippen LogP contribution in [0.1, 0.15) is 12.5 Å². The highest BCUT2D eigenvalue weighted by molar-refractivity contribution is 9.10. The third kappa shape index (κ3) is 5.10. The Hall–Kier alpha value is -2.78. The van der Waals surface area contributed by atoms with E-state index in [0.717, 1.165) is 10.2 Å². The number of carbonyl (C=O) groups excluding carboxylic acids is 1. The van der Waals surface area contributed by atoms with Crippen LogP contribution in [0.25, 0.3) is 6.08 Å². The maximum Gasteiger partial charge on any atom is 0.266 e. The molecule has 0 saturated heterocycles. The minimum absolute atomic E-state index is 0.0229. The average Bonchev–Trinajstić information content (AvgIpc) is 2.61. The van der Waals surface area contributed by atoms with E-state index in [-0.39, 0.29) is 5.57 Å². The van der Waals surface area contributed by atoms with Gasteiger partial charge in [-0.25, -0.2) is 0 Å². The number of nitriles is 1. The molecule has 0 atom stereocenters. The first kappa shape index (κ1) is 18.6. The summed E-state index contributed by atoms with van der Waals surface area (Å²) in [5.74, 6) is 0.800. The molecule has 0 saturated carbocycles. The number of halogens is 1. The second-order valence-corrected chi connectivity index (χ2v) is 5.88. The van der Waals surface area contributed by atoms with E-state index < -0.39 is 5.91 Å². The zero-order valence-electron chi connectivity index (χ0n) is 13.9. The van der Waals surface area contributed by atoms with Gasteiger partial charge in [-0.2, -0.15) is 5.26 Å². The van der Waals surface area contributed by atoms with Gasteiger partial charge in [-0.1, -0.05) is 15.9 Å². The first-order chi connectivity index (χ1) is 12.1. The molecule has 0 aliphatic rings. The highest BCUT2D eigenvalue weighted by Crippen LogP contribution is 2.25. The highest BCUT2D eigenvalue weighted by atomic mass is 79.9. The zero-order valence-corrected chi connectivity index (χ0v) is 15.5. The fourth-order valence-electron chi connectivity index (χ4n) is 2.12. The molecule has 2 aromatic rings. The van der Waals surface area contributed by atoms with E-state index in [0.29, 0.717) is 23.6 Å². The molecular formula is C19H17BrN2O3. The number of amides is 1. The molecule has 1 amide bonds. The predicted octanol–water partition coefficient (Wildman–Crippen LogP) is 4.40. The topological polar surface area (TPSA) is 71.3 Å². The van der Waals surface area contributed by atoms with Crippen molar-refractivity contribution in [2.24, 2.45) is 0 Å². The van der Waals surface area contributed by atoms with E-state index in [1.54, 1.807) is 36.4 Å². The van der Waals surface area contributed by atoms with Crippen LogP contribution in [-0.2, 0) is 4.79 Å². The summed E-state index contributed by atoms with van der Waals surface area (Å²) >= 11 is 3.37. The molecule has 0 radical (unpaired) electrons. The van der Waals surface area contributed by atoms with Crippen molar-refractivity contribution >= 4 is 33.6 Å². The smallest absolute Gasteiger partial charge is 0.266 e. The molecule has 128 valence electrons. The molecule has 2 aromatic carbocycles. The van der Waals surface area contributed by atoms with E-state index in [1.165, 1.54) is 13.2 Å². The third-order valence-electron chi connectivity index (χ3n) is 3.28. The summed E-state index contributed by atoms with van der Waals surface area (Å²) in [4.78, 5) is 12.4. The SMILES string of the molecule is CCOc1ccc(NC(=O)/C(C#N)=C\c2cc(Br)ccc2OC)cc1. The van der Waals surface area contributed by atoms with Crippen LogP contribution in [0.3, 0.4) is 0 Å². The summed E-state index contributed by atoms with van der Waals surface area (Å²) in [5, 5.41) is 12.0. The van der Waals surface area contributed by atoms with Crippen molar-refractivity contribution in [2.75, 3.05) is 19.0 Å². The lowest BCUT2D eigenvalue weighted by atomic mass is 10.1. The lowest BCUT2D eigenvalue weighted by Crippen LogP contribution is -2.13. The van der Waals surface area contributed by atoms with Crippen LogP contribution in [0.5, 0.6) is 11.5 Å². The van der Waals surface area contributed by atoms with Crippen molar-refractivity contribution in [3.05, 3.63) is 58.1 Å². The monoisotopic (exact) mass is 400 g/mol. The van der Waals surface area contributed by atoms with Crippen LogP contribution in [-0.4, -0.2) is 19.6 Å². The lowest BCUT2D eigenvalue weighted by molar-refractivity contribution is -0.112. The first-order valence-electron chi connectivity index (χ1n) is 7.57. The Morgan fingerprint density at radius 3 is 2.60 bits per heavy atom. The van der Waals surface area contributed by atoms with Gasteiger partial charge in [0.15, 0.2) is 0 Å². The molecule has 6 heteroatoms. The number of hydrogen-bond donors (Lipinski definition) is 1. The van der Waals surface area contributed by atoms with Gasteiger partial charge in [-0.15, -0.1) is 0 Å². The fourth-order valence-corrected chi connectivity index (χ4v) is 2.50. The number of benzene rings is 2. The number of nitrogens with one attached hydrogen (secondary N) is 1. The summed E-state index contributed by atoms with van der Waals surface area (Å²) in [5.41, 5.74) is 1.19. The van der Waals surface area contributed by atoms with E-state index >= 15 is 0 Å². The zero-order chi connectivity index (χ0) is 18.2. The van der Waals surface area contributed by atoms with Crippen molar-refractivity contribution in [1.82, 2.24) is 0 Å². The van der Waals surface area contributed by atoms with Gasteiger partial charge in [-0.3, -0.25) is 4.79 Å². The van der Waals surface area contributed by atoms with Crippen LogP contribution in [0.2, 0.25) is 0 Å². The van der Waals surface area contributed by atoms with Crippen molar-refractivity contribution < 1.29 is 14.3 Å². The van der Waals surface area contributed by atoms with Gasteiger partial charge in [0.05, 0.1) is 13.7 Å². The highest BCUT2D eigenvalue weighted by Gasteiger charge is 2.11. The van der Waals surface area contributed by atoms with Gasteiger partial charge >= 0.3 is 0 Å². The van der Waals surface area contributed by atoms with Gasteiger partial charge in [0, 0.05) is 15.7 Å². The van der Waals surface area contributed by atoms with E-state index in [9.17, 15) is 10.1 Å². The number of hydrogen-bond acceptors (Lipinski definition) is 4. The van der Waals surface area contributed by atoms with Gasteiger partial charge in [0.1, 0.15) is 23.1 Å². The summed E-state index contributed by atoms with van der Waals surface area (Å²) in [6.07, 6.45) is 1.49. The Kier molecular flexibility index (Phi) is 6.61. The molecule has 0 fully saturated rings. The summed E-state index contributed by atoms with van der Waals surface area (Å²) in [7, 11) is 1.53. The Bertz CT molecular complexity index is 824. The van der Waals surface area contributed by atoms with Gasteiger partial charge < -0.3 is 14.8 Å². The van der Waals surface area contributed by atoms with E-state index in [2.05, 4.69) is 21.2 Å². The number of rotatable bonds is 6. The van der Waals surface area contributed by atoms with Crippen LogP contribution >= 0.6 is 15.9 Å². The molecule has 0 aliphatic heterocycles. The summed E-state index contributed by atoms with van der Waals surface area (Å²) < 4.78 is 11.4. The molecule has 0 aliphatic carbocycles. The molecule has 0 heterocycles. The normalized spacial score (nSPS) is 10.7. The number of methoxy groups -OCH3 is 1. The quantitative estimate of drug-likeness (QED) is 0.575. The molecule has 0 unspecified atom stereocenters. The van der Waals surface area contributed by atoms with Crippen LogP contribution in [0, 0.1) is 11.3 Å². The van der Waals surface area contributed by atoms with Gasteiger partial charge in [0.2, 0.25) is 0 Å². The second-order valence-electron chi connectivity index (χ2n) is 4.97. The summed E-state index contributed by atoms with van der Waals surface area (Å²) in [6.45, 7) is 2.47. The Balaban J connectivity index is 2.21. The number of anilines is 1. The number of nitrogens with zero attached hydrogens (tertiary/aromatic N) is 1. The van der Waals surface area contributed by atoms with Gasteiger partial charge in [0.25, 0.3) is 5.91 Å². The second kappa shape index (κ2) is 8.90. The Morgan fingerprint density at radius 2 is 2.00 bits per heavy atom. The van der Waals surface area contributed by atoms with Crippen molar-refractivity contribution in [3.8, 4) is 17.6 Å².